The predicted molar refractivity (Wildman–Crippen MR) is 115 cm³/mol. The Kier molecular flexibility index (Phi) is 4.09. The molecule has 5 aliphatic rings. The molecule has 0 bridgehead atoms. The maximum Gasteiger partial charge on any atom is 0.0594 e. The number of aliphatic hydroxyl groups excluding tert-OH is 1. The normalized spacial score (nSPS) is 58.4. The second-order valence-electron chi connectivity index (χ2n) is 11.8. The van der Waals surface area contributed by atoms with Crippen molar-refractivity contribution in [2.45, 2.75) is 90.3 Å². The lowest BCUT2D eigenvalue weighted by Crippen LogP contribution is -2.56. The molecule has 2 spiro atoms. The van der Waals surface area contributed by atoms with E-state index in [0.717, 1.165) is 18.3 Å². The summed E-state index contributed by atoms with van der Waals surface area (Å²) in [7, 11) is 4.17. The summed E-state index contributed by atoms with van der Waals surface area (Å²) < 4.78 is 0. The molecule has 5 aliphatic carbocycles. The molecule has 10 atom stereocenters. The van der Waals surface area contributed by atoms with E-state index in [9.17, 15) is 5.11 Å². The molecular weight excluding hydrogens is 344 g/mol. The zero-order chi connectivity index (χ0) is 20.1. The molecule has 3 N–H and O–H groups in total. The Morgan fingerprint density at radius 2 is 1.79 bits per heavy atom. The van der Waals surface area contributed by atoms with E-state index in [1.807, 2.05) is 0 Å². The fourth-order valence-corrected chi connectivity index (χ4v) is 10.1. The number of rotatable bonds is 3. The molecule has 0 radical (unpaired) electrons. The highest BCUT2D eigenvalue weighted by molar-refractivity contribution is 5.35. The lowest BCUT2D eigenvalue weighted by molar-refractivity contribution is -0.120. The molecule has 0 unspecified atom stereocenters. The summed E-state index contributed by atoms with van der Waals surface area (Å²) in [6.07, 6.45) is 10.3. The molecule has 3 nitrogen and oxygen atoms in total. The van der Waals surface area contributed by atoms with Crippen molar-refractivity contribution < 1.29 is 5.11 Å². The summed E-state index contributed by atoms with van der Waals surface area (Å²) in [5.41, 5.74) is 3.12. The number of fused-ring (bicyclic) bond motifs is 2. The van der Waals surface area contributed by atoms with Gasteiger partial charge in [-0.15, -0.1) is 0 Å². The van der Waals surface area contributed by atoms with Crippen LogP contribution in [-0.2, 0) is 0 Å². The van der Waals surface area contributed by atoms with Crippen LogP contribution in [0.2, 0.25) is 0 Å². The smallest absolute Gasteiger partial charge is 0.0594 e. The minimum absolute atomic E-state index is 0.157. The molecule has 5 rings (SSSR count). The van der Waals surface area contributed by atoms with Gasteiger partial charge in [0.1, 0.15) is 0 Å². The van der Waals surface area contributed by atoms with E-state index in [1.54, 1.807) is 0 Å². The molecule has 0 aromatic rings. The Bertz CT molecular complexity index is 692. The molecule has 0 aromatic carbocycles. The van der Waals surface area contributed by atoms with Crippen molar-refractivity contribution in [1.82, 2.24) is 10.6 Å². The first-order valence-electron chi connectivity index (χ1n) is 11.9. The van der Waals surface area contributed by atoms with Gasteiger partial charge in [-0.1, -0.05) is 26.0 Å². The number of likely N-dealkylation sites (N-methyl/N-ethyl adjacent to an activating group) is 1. The molecule has 3 heteroatoms. The van der Waals surface area contributed by atoms with E-state index in [4.69, 9.17) is 0 Å². The van der Waals surface area contributed by atoms with Gasteiger partial charge < -0.3 is 15.7 Å². The maximum atomic E-state index is 11.2. The van der Waals surface area contributed by atoms with E-state index >= 15 is 0 Å². The number of hydrogen-bond donors (Lipinski definition) is 3. The van der Waals surface area contributed by atoms with Gasteiger partial charge in [-0.05, 0) is 106 Å². The molecule has 0 aliphatic heterocycles. The quantitative estimate of drug-likeness (QED) is 0.639. The van der Waals surface area contributed by atoms with Gasteiger partial charge in [-0.3, -0.25) is 0 Å². The van der Waals surface area contributed by atoms with Gasteiger partial charge >= 0.3 is 0 Å². The minimum atomic E-state index is -0.157. The molecule has 5 fully saturated rings. The summed E-state index contributed by atoms with van der Waals surface area (Å²) in [6.45, 7) is 12.0. The van der Waals surface area contributed by atoms with Gasteiger partial charge in [0.25, 0.3) is 0 Å². The summed E-state index contributed by atoms with van der Waals surface area (Å²) in [5, 5.41) is 18.2. The van der Waals surface area contributed by atoms with Crippen molar-refractivity contribution in [3.63, 3.8) is 0 Å². The summed E-state index contributed by atoms with van der Waals surface area (Å²) >= 11 is 0. The van der Waals surface area contributed by atoms with E-state index < -0.39 is 0 Å². The molecule has 158 valence electrons. The molecule has 0 saturated heterocycles. The SMILES string of the molecule is C=C1[C@H](NC)CC[C@]23C[C@]24CC[C@]2(C)[C@@H]([C@H](C)NC)[C@H](O)C[C@]2(C)[C@H]4CC[C@@H]13. The highest BCUT2D eigenvalue weighted by Crippen LogP contribution is 2.87. The van der Waals surface area contributed by atoms with Gasteiger partial charge in [0.05, 0.1) is 6.10 Å². The first-order valence-corrected chi connectivity index (χ1v) is 11.9. The van der Waals surface area contributed by atoms with E-state index in [2.05, 4.69) is 52.1 Å². The summed E-state index contributed by atoms with van der Waals surface area (Å²) in [5.74, 6) is 1.90. The third kappa shape index (κ3) is 1.98. The second-order valence-corrected chi connectivity index (χ2v) is 11.8. The number of aliphatic hydroxyl groups is 1. The van der Waals surface area contributed by atoms with Crippen molar-refractivity contribution >= 4 is 0 Å². The average Bonchev–Trinajstić information content (AvgIpc) is 3.27. The van der Waals surface area contributed by atoms with Gasteiger partial charge in [0.2, 0.25) is 0 Å². The van der Waals surface area contributed by atoms with Crippen molar-refractivity contribution in [1.29, 1.82) is 0 Å². The summed E-state index contributed by atoms with van der Waals surface area (Å²) in [6, 6.07) is 0.912. The van der Waals surface area contributed by atoms with Crippen LogP contribution < -0.4 is 10.6 Å². The molecule has 0 heterocycles. The van der Waals surface area contributed by atoms with Gasteiger partial charge in [0, 0.05) is 18.0 Å². The first kappa shape index (κ1) is 19.6. The Morgan fingerprint density at radius 1 is 1.04 bits per heavy atom. The standard InChI is InChI=1S/C25H42N2O/c1-15-17-7-8-20-23(4)13-19(28)21(16(2)26-5)22(23,3)11-12-25(20)14-24(17,25)10-9-18(15)27-6/h16-21,26-28H,1,7-14H2,2-6H3/t16-,17-,18+,19+,20+,21-,22+,23+,24+,25-/m0/s1. The second kappa shape index (κ2) is 5.86. The monoisotopic (exact) mass is 386 g/mol. The van der Waals surface area contributed by atoms with Crippen molar-refractivity contribution in [2.75, 3.05) is 14.1 Å². The first-order chi connectivity index (χ1) is 13.2. The van der Waals surface area contributed by atoms with Crippen LogP contribution in [0.5, 0.6) is 0 Å². The topological polar surface area (TPSA) is 44.3 Å². The van der Waals surface area contributed by atoms with Crippen molar-refractivity contribution in [3.05, 3.63) is 12.2 Å². The average molecular weight is 387 g/mol. The highest BCUT2D eigenvalue weighted by atomic mass is 16.3. The Morgan fingerprint density at radius 3 is 2.46 bits per heavy atom. The lowest BCUT2D eigenvalue weighted by atomic mass is 9.43. The van der Waals surface area contributed by atoms with Crippen LogP contribution in [0.15, 0.2) is 12.2 Å². The van der Waals surface area contributed by atoms with Crippen LogP contribution in [0.3, 0.4) is 0 Å². The van der Waals surface area contributed by atoms with E-state index in [0.29, 0.717) is 28.8 Å². The van der Waals surface area contributed by atoms with Gasteiger partial charge in [0.15, 0.2) is 0 Å². The van der Waals surface area contributed by atoms with Crippen LogP contribution in [0.4, 0.5) is 0 Å². The minimum Gasteiger partial charge on any atom is -0.393 e. The number of hydrogen-bond acceptors (Lipinski definition) is 3. The Balaban J connectivity index is 1.51. The fraction of sp³-hybridized carbons (Fsp3) is 0.920. The largest absolute Gasteiger partial charge is 0.393 e. The molecular formula is C25H42N2O. The van der Waals surface area contributed by atoms with Crippen LogP contribution in [0.1, 0.15) is 72.1 Å². The molecule has 0 amide bonds. The Labute approximate surface area is 172 Å². The van der Waals surface area contributed by atoms with E-state index in [1.165, 1.54) is 50.5 Å². The predicted octanol–water partition coefficient (Wildman–Crippen LogP) is 4.12. The van der Waals surface area contributed by atoms with Crippen LogP contribution in [-0.4, -0.2) is 37.4 Å². The van der Waals surface area contributed by atoms with Gasteiger partial charge in [-0.25, -0.2) is 0 Å². The van der Waals surface area contributed by atoms with Crippen molar-refractivity contribution in [2.24, 2.45) is 39.4 Å². The maximum absolute atomic E-state index is 11.2. The third-order valence-corrected chi connectivity index (χ3v) is 11.6. The van der Waals surface area contributed by atoms with E-state index in [-0.39, 0.29) is 16.9 Å². The fourth-order valence-electron chi connectivity index (χ4n) is 10.1. The molecule has 0 aromatic heterocycles. The molecule has 5 saturated carbocycles. The third-order valence-electron chi connectivity index (χ3n) is 11.6. The van der Waals surface area contributed by atoms with Crippen LogP contribution in [0, 0.1) is 39.4 Å². The summed E-state index contributed by atoms with van der Waals surface area (Å²) in [4.78, 5) is 0. The highest BCUT2D eigenvalue weighted by Gasteiger charge is 2.81. The molecule has 28 heavy (non-hydrogen) atoms. The van der Waals surface area contributed by atoms with Crippen molar-refractivity contribution in [3.8, 4) is 0 Å². The van der Waals surface area contributed by atoms with Crippen LogP contribution in [0.25, 0.3) is 0 Å². The van der Waals surface area contributed by atoms with Gasteiger partial charge in [-0.2, -0.15) is 0 Å². The number of nitrogens with one attached hydrogen (secondary N) is 2. The lowest BCUT2D eigenvalue weighted by Gasteiger charge is -2.61. The Hall–Kier alpha value is -0.380. The zero-order valence-electron chi connectivity index (χ0n) is 18.8. The zero-order valence-corrected chi connectivity index (χ0v) is 18.8. The van der Waals surface area contributed by atoms with Crippen LogP contribution >= 0.6 is 0 Å².